The van der Waals surface area contributed by atoms with Gasteiger partial charge in [-0.15, -0.1) is 0 Å². The molecule has 3 nitrogen and oxygen atoms in total. The molecule has 1 aliphatic heterocycles. The van der Waals surface area contributed by atoms with Crippen LogP contribution in [0, 0.1) is 6.92 Å². The predicted molar refractivity (Wildman–Crippen MR) is 74.4 cm³/mol. The third kappa shape index (κ3) is 2.02. The summed E-state index contributed by atoms with van der Waals surface area (Å²) in [5.74, 6) is 1.94. The maximum absolute atomic E-state index is 6.02. The van der Waals surface area contributed by atoms with Gasteiger partial charge in [-0.25, -0.2) is 4.98 Å². The molecule has 0 bridgehead atoms. The van der Waals surface area contributed by atoms with Crippen molar-refractivity contribution in [1.82, 2.24) is 9.55 Å². The highest BCUT2D eigenvalue weighted by Crippen LogP contribution is 2.29. The molecule has 0 amide bonds. The molecule has 90 valence electrons. The molecule has 2 N–H and O–H groups in total. The van der Waals surface area contributed by atoms with E-state index in [2.05, 4.69) is 46.4 Å². The number of fused-ring (bicyclic) bond motifs is 1. The molecule has 1 atom stereocenters. The van der Waals surface area contributed by atoms with Crippen LogP contribution in [-0.2, 0) is 6.54 Å². The van der Waals surface area contributed by atoms with Crippen LogP contribution in [0.15, 0.2) is 18.2 Å². The minimum atomic E-state index is 0.651. The summed E-state index contributed by atoms with van der Waals surface area (Å²) < 4.78 is 2.17. The predicted octanol–water partition coefficient (Wildman–Crippen LogP) is 2.82. The van der Waals surface area contributed by atoms with E-state index in [1.54, 1.807) is 0 Å². The molecule has 1 unspecified atom stereocenters. The molecule has 0 aliphatic carbocycles. The van der Waals surface area contributed by atoms with E-state index in [-0.39, 0.29) is 0 Å². The van der Waals surface area contributed by atoms with Crippen molar-refractivity contribution in [2.45, 2.75) is 31.6 Å². The van der Waals surface area contributed by atoms with E-state index in [1.165, 1.54) is 29.7 Å². The fourth-order valence-corrected chi connectivity index (χ4v) is 3.69. The highest BCUT2D eigenvalue weighted by atomic mass is 32.2. The highest BCUT2D eigenvalue weighted by Gasteiger charge is 2.18. The van der Waals surface area contributed by atoms with Crippen LogP contribution in [0.25, 0.3) is 11.0 Å². The first-order chi connectivity index (χ1) is 8.24. The minimum absolute atomic E-state index is 0.651. The number of nitrogen functional groups attached to an aromatic ring is 1. The average Bonchev–Trinajstić information content (AvgIpc) is 2.90. The Hall–Kier alpha value is -1.16. The molecule has 3 rings (SSSR count). The number of rotatable bonds is 2. The standard InChI is InChI=1S/C13H17N3S/c1-9-4-5-11-12(7-9)16(13(14)15-11)8-10-3-2-6-17-10/h4-5,7,10H,2-3,6,8H2,1H3,(H2,14,15). The van der Waals surface area contributed by atoms with Gasteiger partial charge in [0.1, 0.15) is 0 Å². The molecular formula is C13H17N3S. The summed E-state index contributed by atoms with van der Waals surface area (Å²) in [6.45, 7) is 3.10. The van der Waals surface area contributed by atoms with Gasteiger partial charge in [-0.05, 0) is 43.2 Å². The molecular weight excluding hydrogens is 230 g/mol. The van der Waals surface area contributed by atoms with E-state index >= 15 is 0 Å². The van der Waals surface area contributed by atoms with Crippen LogP contribution in [0.5, 0.6) is 0 Å². The van der Waals surface area contributed by atoms with E-state index in [0.29, 0.717) is 11.2 Å². The van der Waals surface area contributed by atoms with E-state index in [0.717, 1.165) is 12.1 Å². The van der Waals surface area contributed by atoms with Crippen molar-refractivity contribution >= 4 is 28.7 Å². The second-order valence-electron chi connectivity index (χ2n) is 4.71. The van der Waals surface area contributed by atoms with Gasteiger partial charge >= 0.3 is 0 Å². The molecule has 0 spiro atoms. The number of aromatic nitrogens is 2. The molecule has 1 aromatic carbocycles. The van der Waals surface area contributed by atoms with Crippen molar-refractivity contribution in [3.63, 3.8) is 0 Å². The smallest absolute Gasteiger partial charge is 0.201 e. The maximum Gasteiger partial charge on any atom is 0.201 e. The summed E-state index contributed by atoms with van der Waals surface area (Å²) in [5.41, 5.74) is 9.47. The van der Waals surface area contributed by atoms with Crippen LogP contribution in [0.1, 0.15) is 18.4 Å². The molecule has 2 heterocycles. The molecule has 0 saturated carbocycles. The number of benzene rings is 1. The molecule has 17 heavy (non-hydrogen) atoms. The van der Waals surface area contributed by atoms with Gasteiger partial charge in [0.2, 0.25) is 5.95 Å². The summed E-state index contributed by atoms with van der Waals surface area (Å²) >= 11 is 2.06. The van der Waals surface area contributed by atoms with Crippen LogP contribution in [-0.4, -0.2) is 20.6 Å². The lowest BCUT2D eigenvalue weighted by atomic mass is 10.2. The Bertz CT molecular complexity index is 541. The Kier molecular flexibility index (Phi) is 2.74. The molecule has 1 saturated heterocycles. The normalized spacial score (nSPS) is 20.2. The van der Waals surface area contributed by atoms with Gasteiger partial charge in [-0.2, -0.15) is 11.8 Å². The van der Waals surface area contributed by atoms with E-state index in [1.807, 2.05) is 0 Å². The first kappa shape index (κ1) is 11.0. The highest BCUT2D eigenvalue weighted by molar-refractivity contribution is 8.00. The Balaban J connectivity index is 2.01. The lowest BCUT2D eigenvalue weighted by molar-refractivity contribution is 0.658. The summed E-state index contributed by atoms with van der Waals surface area (Å²) in [6.07, 6.45) is 2.64. The fourth-order valence-electron chi connectivity index (χ4n) is 2.44. The quantitative estimate of drug-likeness (QED) is 0.887. The Morgan fingerprint density at radius 3 is 3.18 bits per heavy atom. The van der Waals surface area contributed by atoms with Crippen LogP contribution in [0.4, 0.5) is 5.95 Å². The molecule has 1 aliphatic rings. The summed E-state index contributed by atoms with van der Waals surface area (Å²) in [5, 5.41) is 0.704. The third-order valence-corrected chi connectivity index (χ3v) is 4.72. The Labute approximate surface area is 105 Å². The molecule has 1 aromatic heterocycles. The van der Waals surface area contributed by atoms with Gasteiger partial charge in [-0.1, -0.05) is 6.07 Å². The minimum Gasteiger partial charge on any atom is -0.369 e. The number of imidazole rings is 1. The molecule has 4 heteroatoms. The van der Waals surface area contributed by atoms with Gasteiger partial charge in [0.15, 0.2) is 0 Å². The largest absolute Gasteiger partial charge is 0.369 e. The van der Waals surface area contributed by atoms with Crippen molar-refractivity contribution < 1.29 is 0 Å². The number of nitrogens with zero attached hydrogens (tertiary/aromatic N) is 2. The van der Waals surface area contributed by atoms with Crippen molar-refractivity contribution in [2.24, 2.45) is 0 Å². The van der Waals surface area contributed by atoms with Gasteiger partial charge in [0.25, 0.3) is 0 Å². The summed E-state index contributed by atoms with van der Waals surface area (Å²) in [6, 6.07) is 6.32. The first-order valence-corrected chi connectivity index (χ1v) is 7.13. The second kappa shape index (κ2) is 4.26. The van der Waals surface area contributed by atoms with Crippen molar-refractivity contribution in [3.8, 4) is 0 Å². The van der Waals surface area contributed by atoms with Gasteiger partial charge < -0.3 is 10.3 Å². The van der Waals surface area contributed by atoms with Crippen LogP contribution in [0.2, 0.25) is 0 Å². The third-order valence-electron chi connectivity index (χ3n) is 3.34. The molecule has 1 fully saturated rings. The number of thioether (sulfide) groups is 1. The number of nitrogens with two attached hydrogens (primary N) is 1. The second-order valence-corrected chi connectivity index (χ2v) is 6.12. The van der Waals surface area contributed by atoms with Gasteiger partial charge in [-0.3, -0.25) is 0 Å². The fraction of sp³-hybridized carbons (Fsp3) is 0.462. The zero-order valence-corrected chi connectivity index (χ0v) is 10.8. The van der Waals surface area contributed by atoms with E-state index < -0.39 is 0 Å². The SMILES string of the molecule is Cc1ccc2nc(N)n(CC3CCCS3)c2c1. The van der Waals surface area contributed by atoms with Crippen molar-refractivity contribution in [3.05, 3.63) is 23.8 Å². The summed E-state index contributed by atoms with van der Waals surface area (Å²) in [7, 11) is 0. The van der Waals surface area contributed by atoms with Crippen molar-refractivity contribution in [1.29, 1.82) is 0 Å². The topological polar surface area (TPSA) is 43.8 Å². The van der Waals surface area contributed by atoms with Gasteiger partial charge in [0.05, 0.1) is 11.0 Å². The monoisotopic (exact) mass is 247 g/mol. The molecule has 0 radical (unpaired) electrons. The average molecular weight is 247 g/mol. The number of hydrogen-bond donors (Lipinski definition) is 1. The number of hydrogen-bond acceptors (Lipinski definition) is 3. The van der Waals surface area contributed by atoms with E-state index in [9.17, 15) is 0 Å². The molecule has 2 aromatic rings. The Morgan fingerprint density at radius 2 is 2.41 bits per heavy atom. The number of aryl methyl sites for hydroxylation is 1. The zero-order valence-electron chi connectivity index (χ0n) is 10.0. The van der Waals surface area contributed by atoms with Crippen LogP contribution < -0.4 is 5.73 Å². The number of anilines is 1. The zero-order chi connectivity index (χ0) is 11.8. The summed E-state index contributed by atoms with van der Waals surface area (Å²) in [4.78, 5) is 4.43. The van der Waals surface area contributed by atoms with Crippen LogP contribution in [0.3, 0.4) is 0 Å². The first-order valence-electron chi connectivity index (χ1n) is 6.08. The lowest BCUT2D eigenvalue weighted by Crippen LogP contribution is -2.12. The van der Waals surface area contributed by atoms with Gasteiger partial charge in [0, 0.05) is 11.8 Å². The van der Waals surface area contributed by atoms with Crippen LogP contribution >= 0.6 is 11.8 Å². The van der Waals surface area contributed by atoms with E-state index in [4.69, 9.17) is 5.73 Å². The lowest BCUT2D eigenvalue weighted by Gasteiger charge is -2.11. The Morgan fingerprint density at radius 1 is 1.53 bits per heavy atom. The maximum atomic E-state index is 6.02. The van der Waals surface area contributed by atoms with Crippen molar-refractivity contribution in [2.75, 3.05) is 11.5 Å².